The minimum Gasteiger partial charge on any atom is -0.484 e. The second-order valence-corrected chi connectivity index (χ2v) is 8.42. The van der Waals surface area contributed by atoms with Crippen LogP contribution in [0.4, 0.5) is 10.1 Å². The van der Waals surface area contributed by atoms with Crippen LogP contribution in [0.1, 0.15) is 5.56 Å². The molecule has 0 atom stereocenters. The number of benzene rings is 3. The number of piperazine rings is 1. The molecule has 1 fully saturated rings. The van der Waals surface area contributed by atoms with E-state index in [4.69, 9.17) is 9.26 Å². The summed E-state index contributed by atoms with van der Waals surface area (Å²) in [5, 5.41) is 4.08. The van der Waals surface area contributed by atoms with Crippen molar-refractivity contribution in [2.45, 2.75) is 6.92 Å². The van der Waals surface area contributed by atoms with E-state index in [-0.39, 0.29) is 18.3 Å². The number of carbonyl (C=O) groups is 1. The van der Waals surface area contributed by atoms with Gasteiger partial charge in [-0.15, -0.1) is 0 Å². The molecule has 0 N–H and O–H groups in total. The van der Waals surface area contributed by atoms with Crippen molar-refractivity contribution in [1.29, 1.82) is 0 Å². The lowest BCUT2D eigenvalue weighted by molar-refractivity contribution is -0.133. The Morgan fingerprint density at radius 2 is 1.74 bits per heavy atom. The van der Waals surface area contributed by atoms with E-state index in [0.717, 1.165) is 11.1 Å². The molecule has 8 heteroatoms. The standard InChI is InChI=1S/C27H25FN4O3/c1-19-9-11-20(12-10-19)26-29-27(35-30-26)21-5-4-6-22(17-21)34-18-25(33)32-15-13-31(14-16-32)24-8-3-2-7-23(24)28/h2-12,17H,13-16,18H2,1H3. The topological polar surface area (TPSA) is 71.7 Å². The fourth-order valence-electron chi connectivity index (χ4n) is 4.02. The predicted octanol–water partition coefficient (Wildman–Crippen LogP) is 4.58. The Balaban J connectivity index is 1.17. The van der Waals surface area contributed by atoms with Crippen molar-refractivity contribution >= 4 is 11.6 Å². The van der Waals surface area contributed by atoms with E-state index in [1.807, 2.05) is 54.3 Å². The summed E-state index contributed by atoms with van der Waals surface area (Å²) in [7, 11) is 0. The minimum atomic E-state index is -0.247. The van der Waals surface area contributed by atoms with Crippen molar-refractivity contribution in [2.75, 3.05) is 37.7 Å². The Morgan fingerprint density at radius 1 is 0.971 bits per heavy atom. The van der Waals surface area contributed by atoms with Crippen molar-refractivity contribution in [3.05, 3.63) is 84.2 Å². The highest BCUT2D eigenvalue weighted by molar-refractivity contribution is 5.78. The molecule has 1 saturated heterocycles. The summed E-state index contributed by atoms with van der Waals surface area (Å²) in [6.07, 6.45) is 0. The van der Waals surface area contributed by atoms with E-state index >= 15 is 0 Å². The SMILES string of the molecule is Cc1ccc(-c2noc(-c3cccc(OCC(=O)N4CCN(c5ccccc5F)CC4)c3)n2)cc1. The molecule has 1 amide bonds. The Bertz CT molecular complexity index is 1310. The van der Waals surface area contributed by atoms with Crippen molar-refractivity contribution in [2.24, 2.45) is 0 Å². The fourth-order valence-corrected chi connectivity index (χ4v) is 4.02. The highest BCUT2D eigenvalue weighted by Gasteiger charge is 2.23. The molecule has 1 aliphatic rings. The van der Waals surface area contributed by atoms with E-state index in [9.17, 15) is 9.18 Å². The number of halogens is 1. The Hall–Kier alpha value is -4.20. The van der Waals surface area contributed by atoms with Gasteiger partial charge in [-0.2, -0.15) is 4.98 Å². The maximum Gasteiger partial charge on any atom is 0.260 e. The lowest BCUT2D eigenvalue weighted by Crippen LogP contribution is -2.50. The Labute approximate surface area is 202 Å². The molecular weight excluding hydrogens is 447 g/mol. The van der Waals surface area contributed by atoms with Gasteiger partial charge in [0.25, 0.3) is 11.8 Å². The first-order valence-electron chi connectivity index (χ1n) is 11.5. The minimum absolute atomic E-state index is 0.0817. The van der Waals surface area contributed by atoms with Crippen molar-refractivity contribution < 1.29 is 18.4 Å². The number of carbonyl (C=O) groups excluding carboxylic acids is 1. The first-order chi connectivity index (χ1) is 17.1. The zero-order valence-electron chi connectivity index (χ0n) is 19.4. The normalized spacial score (nSPS) is 13.7. The molecule has 1 aromatic heterocycles. The molecule has 4 aromatic rings. The number of amides is 1. The molecule has 0 unspecified atom stereocenters. The molecule has 5 rings (SSSR count). The number of rotatable bonds is 6. The monoisotopic (exact) mass is 472 g/mol. The third-order valence-electron chi connectivity index (χ3n) is 6.00. The summed E-state index contributed by atoms with van der Waals surface area (Å²) in [5.41, 5.74) is 3.31. The van der Waals surface area contributed by atoms with Crippen LogP contribution in [0.5, 0.6) is 5.75 Å². The van der Waals surface area contributed by atoms with Gasteiger partial charge >= 0.3 is 0 Å². The van der Waals surface area contributed by atoms with Crippen LogP contribution in [-0.4, -0.2) is 53.7 Å². The quantitative estimate of drug-likeness (QED) is 0.409. The van der Waals surface area contributed by atoms with Crippen LogP contribution in [0.2, 0.25) is 0 Å². The second-order valence-electron chi connectivity index (χ2n) is 8.42. The van der Waals surface area contributed by atoms with Crippen molar-refractivity contribution in [3.63, 3.8) is 0 Å². The lowest BCUT2D eigenvalue weighted by atomic mass is 10.1. The number of anilines is 1. The summed E-state index contributed by atoms with van der Waals surface area (Å²) < 4.78 is 25.2. The van der Waals surface area contributed by atoms with Crippen LogP contribution < -0.4 is 9.64 Å². The summed E-state index contributed by atoms with van der Waals surface area (Å²) >= 11 is 0. The van der Waals surface area contributed by atoms with Gasteiger partial charge in [0.15, 0.2) is 6.61 Å². The van der Waals surface area contributed by atoms with Crippen molar-refractivity contribution in [3.8, 4) is 28.6 Å². The number of para-hydroxylation sites is 1. The highest BCUT2D eigenvalue weighted by Crippen LogP contribution is 2.26. The van der Waals surface area contributed by atoms with Crippen LogP contribution in [0, 0.1) is 12.7 Å². The fraction of sp³-hybridized carbons (Fsp3) is 0.222. The van der Waals surface area contributed by atoms with Gasteiger partial charge in [0.05, 0.1) is 5.69 Å². The number of aromatic nitrogens is 2. The number of nitrogens with zero attached hydrogens (tertiary/aromatic N) is 4. The van der Waals surface area contributed by atoms with E-state index in [2.05, 4.69) is 10.1 Å². The predicted molar refractivity (Wildman–Crippen MR) is 131 cm³/mol. The van der Waals surface area contributed by atoms with Gasteiger partial charge in [-0.05, 0) is 37.3 Å². The first-order valence-corrected chi connectivity index (χ1v) is 11.5. The summed E-state index contributed by atoms with van der Waals surface area (Å²) in [5.74, 6) is 1.07. The van der Waals surface area contributed by atoms with Gasteiger partial charge in [0, 0.05) is 37.3 Å². The summed E-state index contributed by atoms with van der Waals surface area (Å²) in [4.78, 5) is 20.9. The number of aryl methyl sites for hydroxylation is 1. The average Bonchev–Trinajstić information content (AvgIpc) is 3.39. The van der Waals surface area contributed by atoms with Gasteiger partial charge in [0.2, 0.25) is 5.82 Å². The molecule has 178 valence electrons. The Kier molecular flexibility index (Phi) is 6.43. The number of hydrogen-bond acceptors (Lipinski definition) is 6. The molecule has 3 aromatic carbocycles. The van der Waals surface area contributed by atoms with E-state index in [1.54, 1.807) is 29.2 Å². The largest absolute Gasteiger partial charge is 0.484 e. The van der Waals surface area contributed by atoms with Crippen LogP contribution in [0.15, 0.2) is 77.3 Å². The van der Waals surface area contributed by atoms with Crippen molar-refractivity contribution in [1.82, 2.24) is 15.0 Å². The third-order valence-corrected chi connectivity index (χ3v) is 6.00. The lowest BCUT2D eigenvalue weighted by Gasteiger charge is -2.36. The maximum absolute atomic E-state index is 14.0. The van der Waals surface area contributed by atoms with Gasteiger partial charge in [0.1, 0.15) is 11.6 Å². The van der Waals surface area contributed by atoms with Gasteiger partial charge < -0.3 is 19.1 Å². The van der Waals surface area contributed by atoms with Crippen LogP contribution in [0.3, 0.4) is 0 Å². The third kappa shape index (κ3) is 5.16. The maximum atomic E-state index is 14.0. The average molecular weight is 473 g/mol. The molecule has 2 heterocycles. The van der Waals surface area contributed by atoms with E-state index in [1.165, 1.54) is 6.07 Å². The number of hydrogen-bond donors (Lipinski definition) is 0. The second kappa shape index (κ2) is 9.97. The highest BCUT2D eigenvalue weighted by atomic mass is 19.1. The summed E-state index contributed by atoms with van der Waals surface area (Å²) in [6, 6.07) is 21.8. The van der Waals surface area contributed by atoms with Gasteiger partial charge in [-0.3, -0.25) is 4.79 Å². The molecule has 0 aliphatic carbocycles. The van der Waals surface area contributed by atoms with Crippen LogP contribution >= 0.6 is 0 Å². The first kappa shape index (κ1) is 22.6. The smallest absolute Gasteiger partial charge is 0.260 e. The molecule has 7 nitrogen and oxygen atoms in total. The molecule has 0 spiro atoms. The molecule has 0 bridgehead atoms. The molecule has 1 aliphatic heterocycles. The zero-order chi connectivity index (χ0) is 24.2. The Morgan fingerprint density at radius 3 is 2.51 bits per heavy atom. The van der Waals surface area contributed by atoms with Crippen LogP contribution in [-0.2, 0) is 4.79 Å². The van der Waals surface area contributed by atoms with Gasteiger partial charge in [-0.1, -0.05) is 53.2 Å². The molecule has 0 radical (unpaired) electrons. The van der Waals surface area contributed by atoms with E-state index in [0.29, 0.717) is 54.9 Å². The van der Waals surface area contributed by atoms with E-state index < -0.39 is 0 Å². The molecule has 35 heavy (non-hydrogen) atoms. The van der Waals surface area contributed by atoms with Gasteiger partial charge in [-0.25, -0.2) is 4.39 Å². The number of ether oxygens (including phenoxy) is 1. The summed E-state index contributed by atoms with van der Waals surface area (Å²) in [6.45, 7) is 4.11. The van der Waals surface area contributed by atoms with Crippen LogP contribution in [0.25, 0.3) is 22.8 Å². The molecular formula is C27H25FN4O3. The molecule has 0 saturated carbocycles. The zero-order valence-corrected chi connectivity index (χ0v) is 19.4.